The number of imide groups is 1. The summed E-state index contributed by atoms with van der Waals surface area (Å²) in [6.45, 7) is 1.21. The van der Waals surface area contributed by atoms with Crippen LogP contribution in [0.3, 0.4) is 0 Å². The number of hydrogen-bond donors (Lipinski definition) is 3. The molecule has 16 heavy (non-hydrogen) atoms. The lowest BCUT2D eigenvalue weighted by Gasteiger charge is -2.31. The second-order valence-electron chi connectivity index (χ2n) is 3.97. The number of nitrogens with zero attached hydrogens (tertiary/aromatic N) is 1. The summed E-state index contributed by atoms with van der Waals surface area (Å²) < 4.78 is 0. The molecule has 3 amide bonds. The van der Waals surface area contributed by atoms with E-state index in [1.807, 2.05) is 4.90 Å². The lowest BCUT2D eigenvalue weighted by molar-refractivity contribution is -0.120. The predicted octanol–water partition coefficient (Wildman–Crippen LogP) is -0.125. The Labute approximate surface area is 97.8 Å². The molecule has 2 atom stereocenters. The van der Waals surface area contributed by atoms with Crippen LogP contribution in [0.15, 0.2) is 0 Å². The van der Waals surface area contributed by atoms with Gasteiger partial charge in [-0.25, -0.2) is 4.79 Å². The van der Waals surface area contributed by atoms with Crippen molar-refractivity contribution >= 4 is 29.4 Å². The summed E-state index contributed by atoms with van der Waals surface area (Å²) in [5.41, 5.74) is 0. The van der Waals surface area contributed by atoms with Crippen molar-refractivity contribution in [3.05, 3.63) is 0 Å². The van der Waals surface area contributed by atoms with Crippen molar-refractivity contribution in [2.24, 2.45) is 0 Å². The molecule has 3 N–H and O–H groups in total. The zero-order chi connectivity index (χ0) is 11.7. The highest BCUT2D eigenvalue weighted by Gasteiger charge is 2.35. The van der Waals surface area contributed by atoms with Gasteiger partial charge in [0.05, 0.1) is 11.9 Å². The second kappa shape index (κ2) is 4.29. The topological polar surface area (TPSA) is 85.3 Å². The van der Waals surface area contributed by atoms with Gasteiger partial charge >= 0.3 is 6.03 Å². The monoisotopic (exact) mass is 244 g/mol. The van der Waals surface area contributed by atoms with E-state index < -0.39 is 23.4 Å². The lowest BCUT2D eigenvalue weighted by Crippen LogP contribution is -2.62. The third-order valence-corrected chi connectivity index (χ3v) is 3.30. The van der Waals surface area contributed by atoms with Gasteiger partial charge in [-0.05, 0) is 6.42 Å². The van der Waals surface area contributed by atoms with Crippen LogP contribution < -0.4 is 10.6 Å². The van der Waals surface area contributed by atoms with E-state index in [1.165, 1.54) is 0 Å². The summed E-state index contributed by atoms with van der Waals surface area (Å²) in [6.07, 6.45) is 1.69. The van der Waals surface area contributed by atoms with Gasteiger partial charge in [-0.1, -0.05) is 0 Å². The standard InChI is InChI=1S/C9H13ClN4O2/c10-7-5(12-9(16)13-8(7)15)4-14-3-1-2-6(14)11/h5,7,11H,1-4H2,(H2,12,13,15,16). The highest BCUT2D eigenvalue weighted by Crippen LogP contribution is 2.14. The van der Waals surface area contributed by atoms with Gasteiger partial charge < -0.3 is 10.2 Å². The van der Waals surface area contributed by atoms with Crippen LogP contribution >= 0.6 is 11.6 Å². The van der Waals surface area contributed by atoms with Crippen LogP contribution in [0.25, 0.3) is 0 Å². The zero-order valence-electron chi connectivity index (χ0n) is 8.62. The molecular weight excluding hydrogens is 232 g/mol. The fourth-order valence-electron chi connectivity index (χ4n) is 1.95. The maximum Gasteiger partial charge on any atom is 0.321 e. The smallest absolute Gasteiger partial charge is 0.321 e. The van der Waals surface area contributed by atoms with Gasteiger partial charge in [-0.3, -0.25) is 15.5 Å². The number of nitrogens with one attached hydrogen (secondary N) is 3. The van der Waals surface area contributed by atoms with Crippen LogP contribution in [0, 0.1) is 5.41 Å². The van der Waals surface area contributed by atoms with E-state index in [4.69, 9.17) is 17.0 Å². The number of amides is 3. The average molecular weight is 245 g/mol. The predicted molar refractivity (Wildman–Crippen MR) is 58.6 cm³/mol. The van der Waals surface area contributed by atoms with Gasteiger partial charge in [-0.2, -0.15) is 0 Å². The van der Waals surface area contributed by atoms with Crippen LogP contribution in [-0.4, -0.2) is 47.2 Å². The third kappa shape index (κ3) is 2.11. The molecule has 0 aromatic rings. The fourth-order valence-corrected chi connectivity index (χ4v) is 2.15. The van der Waals surface area contributed by atoms with E-state index in [-0.39, 0.29) is 0 Å². The Morgan fingerprint density at radius 1 is 1.50 bits per heavy atom. The molecule has 2 saturated heterocycles. The summed E-state index contributed by atoms with van der Waals surface area (Å²) >= 11 is 5.90. The molecule has 2 heterocycles. The Morgan fingerprint density at radius 2 is 2.25 bits per heavy atom. The van der Waals surface area contributed by atoms with E-state index in [0.29, 0.717) is 12.4 Å². The SMILES string of the molecule is N=C1CCCN1CC1NC(=O)NC(=O)C1Cl. The Kier molecular flexibility index (Phi) is 3.00. The molecule has 88 valence electrons. The van der Waals surface area contributed by atoms with E-state index in [9.17, 15) is 9.59 Å². The Morgan fingerprint density at radius 3 is 2.88 bits per heavy atom. The molecule has 0 spiro atoms. The molecular formula is C9H13ClN4O2. The molecule has 0 bridgehead atoms. The molecule has 2 unspecified atom stereocenters. The van der Waals surface area contributed by atoms with Crippen LogP contribution in [-0.2, 0) is 4.79 Å². The number of alkyl halides is 1. The molecule has 0 saturated carbocycles. The molecule has 2 aliphatic rings. The summed E-state index contributed by atoms with van der Waals surface area (Å²) in [5.74, 6) is 0.0743. The largest absolute Gasteiger partial charge is 0.358 e. The molecule has 0 aliphatic carbocycles. The minimum absolute atomic E-state index is 0.423. The molecule has 0 aromatic carbocycles. The minimum atomic E-state index is -0.772. The highest BCUT2D eigenvalue weighted by molar-refractivity contribution is 6.33. The van der Waals surface area contributed by atoms with Crippen molar-refractivity contribution in [2.75, 3.05) is 13.1 Å². The number of likely N-dealkylation sites (tertiary alicyclic amines) is 1. The normalized spacial score (nSPS) is 30.3. The minimum Gasteiger partial charge on any atom is -0.358 e. The molecule has 2 aliphatic heterocycles. The average Bonchev–Trinajstić information content (AvgIpc) is 2.60. The Hall–Kier alpha value is -1.30. The second-order valence-corrected chi connectivity index (χ2v) is 4.44. The first-order chi connectivity index (χ1) is 7.58. The Bertz CT molecular complexity index is 346. The van der Waals surface area contributed by atoms with Crippen molar-refractivity contribution in [1.29, 1.82) is 5.41 Å². The van der Waals surface area contributed by atoms with Gasteiger partial charge in [0, 0.05) is 19.5 Å². The molecule has 0 aromatic heterocycles. The molecule has 7 heteroatoms. The number of hydrogen-bond acceptors (Lipinski definition) is 3. The summed E-state index contributed by atoms with van der Waals surface area (Å²) in [5, 5.41) is 11.6. The van der Waals surface area contributed by atoms with Gasteiger partial charge in [-0.15, -0.1) is 11.6 Å². The number of carbonyl (C=O) groups is 2. The van der Waals surface area contributed by atoms with Crippen molar-refractivity contribution in [1.82, 2.24) is 15.5 Å². The van der Waals surface area contributed by atoms with Crippen molar-refractivity contribution in [2.45, 2.75) is 24.3 Å². The number of urea groups is 1. The van der Waals surface area contributed by atoms with E-state index in [0.717, 1.165) is 19.4 Å². The molecule has 2 rings (SSSR count). The van der Waals surface area contributed by atoms with Gasteiger partial charge in [0.25, 0.3) is 0 Å². The van der Waals surface area contributed by atoms with E-state index in [1.54, 1.807) is 0 Å². The maximum absolute atomic E-state index is 11.3. The van der Waals surface area contributed by atoms with E-state index >= 15 is 0 Å². The van der Waals surface area contributed by atoms with Gasteiger partial charge in [0.15, 0.2) is 0 Å². The quantitative estimate of drug-likeness (QED) is 0.592. The number of rotatable bonds is 2. The summed E-state index contributed by atoms with van der Waals surface area (Å²) in [7, 11) is 0. The lowest BCUT2D eigenvalue weighted by atomic mass is 10.1. The first-order valence-electron chi connectivity index (χ1n) is 5.16. The van der Waals surface area contributed by atoms with Crippen molar-refractivity contribution in [3.63, 3.8) is 0 Å². The van der Waals surface area contributed by atoms with Crippen LogP contribution in [0.4, 0.5) is 4.79 Å². The number of halogens is 1. The molecule has 6 nitrogen and oxygen atoms in total. The first-order valence-corrected chi connectivity index (χ1v) is 5.59. The molecule has 2 fully saturated rings. The summed E-state index contributed by atoms with van der Waals surface area (Å²) in [6, 6.07) is -0.945. The van der Waals surface area contributed by atoms with Crippen LogP contribution in [0.1, 0.15) is 12.8 Å². The van der Waals surface area contributed by atoms with Gasteiger partial charge in [0.2, 0.25) is 5.91 Å². The van der Waals surface area contributed by atoms with Crippen molar-refractivity contribution in [3.8, 4) is 0 Å². The number of carbonyl (C=O) groups excluding carboxylic acids is 2. The van der Waals surface area contributed by atoms with E-state index in [2.05, 4.69) is 10.6 Å². The zero-order valence-corrected chi connectivity index (χ0v) is 9.38. The van der Waals surface area contributed by atoms with Crippen molar-refractivity contribution < 1.29 is 9.59 Å². The number of amidine groups is 1. The van der Waals surface area contributed by atoms with Crippen LogP contribution in [0.2, 0.25) is 0 Å². The molecule has 0 radical (unpaired) electrons. The highest BCUT2D eigenvalue weighted by atomic mass is 35.5. The first kappa shape index (κ1) is 11.2. The summed E-state index contributed by atoms with van der Waals surface area (Å²) in [4.78, 5) is 24.3. The van der Waals surface area contributed by atoms with Gasteiger partial charge in [0.1, 0.15) is 5.38 Å². The maximum atomic E-state index is 11.3. The fraction of sp³-hybridized carbons (Fsp3) is 0.667. The van der Waals surface area contributed by atoms with Crippen LogP contribution in [0.5, 0.6) is 0 Å². The Balaban J connectivity index is 1.99. The third-order valence-electron chi connectivity index (χ3n) is 2.80.